The molecule has 0 heterocycles. The zero-order valence-corrected chi connectivity index (χ0v) is 9.44. The molecule has 0 saturated carbocycles. The lowest BCUT2D eigenvalue weighted by Gasteiger charge is -2.16. The molecule has 2 N–H and O–H groups in total. The van der Waals surface area contributed by atoms with Crippen LogP contribution in [0.5, 0.6) is 0 Å². The lowest BCUT2D eigenvalue weighted by atomic mass is 9.92. The number of halogens is 1. The molecule has 0 bridgehead atoms. The van der Waals surface area contributed by atoms with Gasteiger partial charge in [-0.2, -0.15) is 0 Å². The topological polar surface area (TPSA) is 26.0 Å². The molecule has 1 nitrogen and oxygen atoms in total. The van der Waals surface area contributed by atoms with Gasteiger partial charge in [0.2, 0.25) is 0 Å². The van der Waals surface area contributed by atoms with Gasteiger partial charge in [0, 0.05) is 12.5 Å². The van der Waals surface area contributed by atoms with Crippen molar-refractivity contribution in [2.75, 3.05) is 6.54 Å². The SMILES string of the molecule is NCC(F)C1c2ccccc2-c2ccccc21. The van der Waals surface area contributed by atoms with Crippen LogP contribution in [0.1, 0.15) is 17.0 Å². The molecule has 1 aliphatic rings. The summed E-state index contributed by atoms with van der Waals surface area (Å²) in [4.78, 5) is 0. The number of hydrogen-bond donors (Lipinski definition) is 1. The second kappa shape index (κ2) is 3.97. The van der Waals surface area contributed by atoms with E-state index in [2.05, 4.69) is 12.1 Å². The zero-order chi connectivity index (χ0) is 11.8. The summed E-state index contributed by atoms with van der Waals surface area (Å²) in [7, 11) is 0. The average molecular weight is 227 g/mol. The second-order valence-corrected chi connectivity index (χ2v) is 4.40. The predicted octanol–water partition coefficient (Wildman–Crippen LogP) is 3.10. The highest BCUT2D eigenvalue weighted by Crippen LogP contribution is 2.46. The number of benzene rings is 2. The van der Waals surface area contributed by atoms with E-state index in [0.717, 1.165) is 22.3 Å². The zero-order valence-electron chi connectivity index (χ0n) is 9.44. The molecule has 0 spiro atoms. The fourth-order valence-electron chi connectivity index (χ4n) is 2.72. The minimum absolute atomic E-state index is 0.0628. The average Bonchev–Trinajstić information content (AvgIpc) is 2.72. The van der Waals surface area contributed by atoms with Crippen molar-refractivity contribution in [2.45, 2.75) is 12.1 Å². The molecule has 2 aromatic rings. The highest BCUT2D eigenvalue weighted by atomic mass is 19.1. The van der Waals surface area contributed by atoms with E-state index in [4.69, 9.17) is 5.73 Å². The van der Waals surface area contributed by atoms with Crippen molar-refractivity contribution in [3.63, 3.8) is 0 Å². The largest absolute Gasteiger partial charge is 0.328 e. The number of alkyl halides is 1. The maximum Gasteiger partial charge on any atom is 0.123 e. The molecule has 0 saturated heterocycles. The van der Waals surface area contributed by atoms with Gasteiger partial charge in [0.05, 0.1) is 0 Å². The third-order valence-electron chi connectivity index (χ3n) is 3.47. The van der Waals surface area contributed by atoms with Crippen LogP contribution in [0.2, 0.25) is 0 Å². The summed E-state index contributed by atoms with van der Waals surface area (Å²) < 4.78 is 14.1. The summed E-state index contributed by atoms with van der Waals surface area (Å²) in [5, 5.41) is 0. The number of hydrogen-bond acceptors (Lipinski definition) is 1. The molecule has 0 amide bonds. The van der Waals surface area contributed by atoms with E-state index in [1.807, 2.05) is 36.4 Å². The van der Waals surface area contributed by atoms with Gasteiger partial charge in [0.25, 0.3) is 0 Å². The van der Waals surface area contributed by atoms with E-state index in [0.29, 0.717) is 0 Å². The molecule has 1 aliphatic carbocycles. The van der Waals surface area contributed by atoms with Crippen molar-refractivity contribution in [1.29, 1.82) is 0 Å². The monoisotopic (exact) mass is 227 g/mol. The lowest BCUT2D eigenvalue weighted by molar-refractivity contribution is 0.313. The van der Waals surface area contributed by atoms with E-state index in [-0.39, 0.29) is 12.5 Å². The van der Waals surface area contributed by atoms with Crippen LogP contribution in [0.15, 0.2) is 48.5 Å². The van der Waals surface area contributed by atoms with Gasteiger partial charge in [-0.15, -0.1) is 0 Å². The second-order valence-electron chi connectivity index (χ2n) is 4.40. The van der Waals surface area contributed by atoms with Crippen molar-refractivity contribution in [3.8, 4) is 11.1 Å². The van der Waals surface area contributed by atoms with Gasteiger partial charge in [-0.05, 0) is 22.3 Å². The molecule has 0 aliphatic heterocycles. The molecule has 86 valence electrons. The minimum Gasteiger partial charge on any atom is -0.328 e. The van der Waals surface area contributed by atoms with Crippen molar-refractivity contribution >= 4 is 0 Å². The van der Waals surface area contributed by atoms with Crippen molar-refractivity contribution in [2.24, 2.45) is 5.73 Å². The standard InChI is InChI=1S/C15H14FN/c16-14(9-17)15-12-7-3-1-5-10(12)11-6-2-4-8-13(11)15/h1-8,14-15H,9,17H2. The molecule has 1 unspecified atom stereocenters. The summed E-state index contributed by atoms with van der Waals surface area (Å²) in [5.41, 5.74) is 9.90. The molecular weight excluding hydrogens is 213 g/mol. The third-order valence-corrected chi connectivity index (χ3v) is 3.47. The first-order chi connectivity index (χ1) is 8.33. The van der Waals surface area contributed by atoms with Gasteiger partial charge in [0.15, 0.2) is 0 Å². The summed E-state index contributed by atoms with van der Waals surface area (Å²) in [6, 6.07) is 16.0. The number of rotatable bonds is 2. The number of nitrogens with two attached hydrogens (primary N) is 1. The Morgan fingerprint density at radius 3 is 1.88 bits per heavy atom. The fourth-order valence-corrected chi connectivity index (χ4v) is 2.72. The lowest BCUT2D eigenvalue weighted by Crippen LogP contribution is -2.22. The van der Waals surface area contributed by atoms with Crippen LogP contribution < -0.4 is 5.73 Å². The van der Waals surface area contributed by atoms with Crippen molar-refractivity contribution in [3.05, 3.63) is 59.7 Å². The smallest absolute Gasteiger partial charge is 0.123 e. The molecule has 0 fully saturated rings. The molecule has 17 heavy (non-hydrogen) atoms. The Balaban J connectivity index is 2.23. The maximum atomic E-state index is 14.1. The van der Waals surface area contributed by atoms with Gasteiger partial charge in [-0.3, -0.25) is 0 Å². The Labute approximate surface area is 100 Å². The Hall–Kier alpha value is -1.67. The fraction of sp³-hybridized carbons (Fsp3) is 0.200. The first-order valence-electron chi connectivity index (χ1n) is 5.85. The molecule has 2 aromatic carbocycles. The summed E-state index contributed by atoms with van der Waals surface area (Å²) in [6.45, 7) is 0.0628. The van der Waals surface area contributed by atoms with Crippen LogP contribution >= 0.6 is 0 Å². The van der Waals surface area contributed by atoms with Crippen LogP contribution in [0.4, 0.5) is 4.39 Å². The quantitative estimate of drug-likeness (QED) is 0.838. The minimum atomic E-state index is -1.01. The van der Waals surface area contributed by atoms with Crippen LogP contribution in [0.25, 0.3) is 11.1 Å². The Bertz CT molecular complexity index is 505. The van der Waals surface area contributed by atoms with E-state index in [1.165, 1.54) is 0 Å². The van der Waals surface area contributed by atoms with Crippen LogP contribution in [-0.4, -0.2) is 12.7 Å². The van der Waals surface area contributed by atoms with Gasteiger partial charge in [-0.1, -0.05) is 48.5 Å². The van der Waals surface area contributed by atoms with Gasteiger partial charge >= 0.3 is 0 Å². The van der Waals surface area contributed by atoms with E-state index >= 15 is 0 Å². The molecule has 0 aromatic heterocycles. The Morgan fingerprint density at radius 2 is 1.41 bits per heavy atom. The van der Waals surface area contributed by atoms with Crippen molar-refractivity contribution in [1.82, 2.24) is 0 Å². The van der Waals surface area contributed by atoms with E-state index in [1.54, 1.807) is 0 Å². The molecule has 1 atom stereocenters. The summed E-state index contributed by atoms with van der Waals surface area (Å²) in [6.07, 6.45) is -1.01. The summed E-state index contributed by atoms with van der Waals surface area (Å²) >= 11 is 0. The van der Waals surface area contributed by atoms with Gasteiger partial charge in [0.1, 0.15) is 6.17 Å². The van der Waals surface area contributed by atoms with Gasteiger partial charge in [-0.25, -0.2) is 4.39 Å². The normalized spacial score (nSPS) is 15.4. The third kappa shape index (κ3) is 1.48. The highest BCUT2D eigenvalue weighted by molar-refractivity contribution is 5.79. The van der Waals surface area contributed by atoms with E-state index < -0.39 is 6.17 Å². The van der Waals surface area contributed by atoms with Crippen LogP contribution in [0.3, 0.4) is 0 Å². The first-order valence-corrected chi connectivity index (χ1v) is 5.85. The molecular formula is C15H14FN. The van der Waals surface area contributed by atoms with Crippen LogP contribution in [0, 0.1) is 0 Å². The molecule has 3 rings (SSSR count). The summed E-state index contributed by atoms with van der Waals surface area (Å²) in [5.74, 6) is -0.201. The van der Waals surface area contributed by atoms with Crippen molar-refractivity contribution < 1.29 is 4.39 Å². The molecule has 0 radical (unpaired) electrons. The maximum absolute atomic E-state index is 14.1. The number of fused-ring (bicyclic) bond motifs is 3. The van der Waals surface area contributed by atoms with E-state index in [9.17, 15) is 4.39 Å². The highest BCUT2D eigenvalue weighted by Gasteiger charge is 2.33. The first kappa shape index (κ1) is 10.5. The van der Waals surface area contributed by atoms with Gasteiger partial charge < -0.3 is 5.73 Å². The molecule has 2 heteroatoms. The van der Waals surface area contributed by atoms with Crippen LogP contribution in [-0.2, 0) is 0 Å². The predicted molar refractivity (Wildman–Crippen MR) is 67.7 cm³/mol. The Morgan fingerprint density at radius 1 is 0.941 bits per heavy atom. The Kier molecular flexibility index (Phi) is 2.45.